The lowest BCUT2D eigenvalue weighted by atomic mass is 10.1. The molecular formula is C23H32N2O3S. The average Bonchev–Trinajstić information content (AvgIpc) is 2.73. The SMILES string of the molecule is CCC(C)Sc1ccc(NC(=O)N(C)CCc2ccc(OC)c(OC)c2)c(C)c1. The number of ether oxygens (including phenoxy) is 2. The molecule has 0 heterocycles. The third-order valence-electron chi connectivity index (χ3n) is 4.88. The predicted octanol–water partition coefficient (Wildman–Crippen LogP) is 5.61. The Hall–Kier alpha value is -2.34. The molecule has 2 amide bonds. The summed E-state index contributed by atoms with van der Waals surface area (Å²) in [6.07, 6.45) is 1.86. The summed E-state index contributed by atoms with van der Waals surface area (Å²) in [6, 6.07) is 11.9. The van der Waals surface area contributed by atoms with Crippen LogP contribution in [0, 0.1) is 6.92 Å². The lowest BCUT2D eigenvalue weighted by Gasteiger charge is -2.19. The van der Waals surface area contributed by atoms with Crippen molar-refractivity contribution in [2.24, 2.45) is 0 Å². The van der Waals surface area contributed by atoms with Crippen molar-refractivity contribution in [2.45, 2.75) is 43.8 Å². The smallest absolute Gasteiger partial charge is 0.321 e. The molecule has 0 aliphatic carbocycles. The molecule has 6 heteroatoms. The molecule has 2 aromatic carbocycles. The van der Waals surface area contributed by atoms with E-state index in [1.807, 2.05) is 43.0 Å². The Morgan fingerprint density at radius 1 is 1.14 bits per heavy atom. The molecule has 158 valence electrons. The molecule has 2 aromatic rings. The number of methoxy groups -OCH3 is 2. The third kappa shape index (κ3) is 6.60. The van der Waals surface area contributed by atoms with Gasteiger partial charge in [-0.05, 0) is 61.2 Å². The van der Waals surface area contributed by atoms with Crippen molar-refractivity contribution in [3.63, 3.8) is 0 Å². The van der Waals surface area contributed by atoms with Gasteiger partial charge in [-0.3, -0.25) is 0 Å². The van der Waals surface area contributed by atoms with Gasteiger partial charge >= 0.3 is 6.03 Å². The van der Waals surface area contributed by atoms with Gasteiger partial charge in [-0.15, -0.1) is 11.8 Å². The van der Waals surface area contributed by atoms with Gasteiger partial charge in [0, 0.05) is 29.4 Å². The lowest BCUT2D eigenvalue weighted by Crippen LogP contribution is -2.33. The molecule has 0 fully saturated rings. The van der Waals surface area contributed by atoms with Crippen molar-refractivity contribution in [2.75, 3.05) is 33.1 Å². The van der Waals surface area contributed by atoms with Crippen LogP contribution in [0.1, 0.15) is 31.4 Å². The molecular weight excluding hydrogens is 384 g/mol. The summed E-state index contributed by atoms with van der Waals surface area (Å²) in [5.41, 5.74) is 3.01. The number of rotatable bonds is 9. The van der Waals surface area contributed by atoms with Crippen LogP contribution in [0.5, 0.6) is 11.5 Å². The number of aryl methyl sites for hydroxylation is 1. The van der Waals surface area contributed by atoms with Crippen molar-refractivity contribution in [1.82, 2.24) is 4.90 Å². The van der Waals surface area contributed by atoms with Crippen LogP contribution in [0.4, 0.5) is 10.5 Å². The van der Waals surface area contributed by atoms with Gasteiger partial charge in [-0.25, -0.2) is 4.79 Å². The highest BCUT2D eigenvalue weighted by atomic mass is 32.2. The number of hydrogen-bond acceptors (Lipinski definition) is 4. The van der Waals surface area contributed by atoms with E-state index in [9.17, 15) is 4.79 Å². The Balaban J connectivity index is 1.93. The van der Waals surface area contributed by atoms with Crippen LogP contribution < -0.4 is 14.8 Å². The normalized spacial score (nSPS) is 11.7. The van der Waals surface area contributed by atoms with Crippen LogP contribution in [-0.2, 0) is 6.42 Å². The van der Waals surface area contributed by atoms with E-state index in [0.717, 1.165) is 29.7 Å². The molecule has 0 radical (unpaired) electrons. The largest absolute Gasteiger partial charge is 0.493 e. The van der Waals surface area contributed by atoms with Crippen LogP contribution in [0.2, 0.25) is 0 Å². The zero-order valence-electron chi connectivity index (χ0n) is 18.2. The van der Waals surface area contributed by atoms with Crippen LogP contribution >= 0.6 is 11.8 Å². The first-order valence-corrected chi connectivity index (χ1v) is 10.8. The van der Waals surface area contributed by atoms with Gasteiger partial charge in [0.2, 0.25) is 0 Å². The number of carbonyl (C=O) groups is 1. The number of urea groups is 1. The maximum Gasteiger partial charge on any atom is 0.321 e. The molecule has 0 saturated carbocycles. The van der Waals surface area contributed by atoms with Gasteiger partial charge in [0.25, 0.3) is 0 Å². The number of likely N-dealkylation sites (N-methyl/N-ethyl adjacent to an activating group) is 1. The molecule has 0 bridgehead atoms. The molecule has 1 atom stereocenters. The Kier molecular flexibility index (Phi) is 8.70. The number of carbonyl (C=O) groups excluding carboxylic acids is 1. The highest BCUT2D eigenvalue weighted by molar-refractivity contribution is 7.99. The van der Waals surface area contributed by atoms with Crippen LogP contribution in [0.15, 0.2) is 41.3 Å². The molecule has 0 saturated heterocycles. The summed E-state index contributed by atoms with van der Waals surface area (Å²) >= 11 is 1.86. The monoisotopic (exact) mass is 416 g/mol. The summed E-state index contributed by atoms with van der Waals surface area (Å²) in [7, 11) is 5.04. The number of anilines is 1. The first-order valence-electron chi connectivity index (χ1n) is 9.88. The summed E-state index contributed by atoms with van der Waals surface area (Å²) in [4.78, 5) is 15.5. The second-order valence-corrected chi connectivity index (χ2v) is 8.62. The van der Waals surface area contributed by atoms with E-state index < -0.39 is 0 Å². The Morgan fingerprint density at radius 3 is 2.48 bits per heavy atom. The fourth-order valence-corrected chi connectivity index (χ4v) is 3.83. The van der Waals surface area contributed by atoms with E-state index in [0.29, 0.717) is 23.3 Å². The third-order valence-corrected chi connectivity index (χ3v) is 6.14. The van der Waals surface area contributed by atoms with Crippen molar-refractivity contribution in [1.29, 1.82) is 0 Å². The molecule has 29 heavy (non-hydrogen) atoms. The summed E-state index contributed by atoms with van der Waals surface area (Å²) in [6.45, 7) is 7.04. The Bertz CT molecular complexity index is 826. The minimum Gasteiger partial charge on any atom is -0.493 e. The number of amides is 2. The van der Waals surface area contributed by atoms with E-state index in [1.165, 1.54) is 4.90 Å². The molecule has 1 unspecified atom stereocenters. The minimum atomic E-state index is -0.115. The van der Waals surface area contributed by atoms with Crippen LogP contribution in [0.25, 0.3) is 0 Å². The van der Waals surface area contributed by atoms with E-state index >= 15 is 0 Å². The fourth-order valence-electron chi connectivity index (χ4n) is 2.81. The highest BCUT2D eigenvalue weighted by Gasteiger charge is 2.12. The predicted molar refractivity (Wildman–Crippen MR) is 122 cm³/mol. The van der Waals surface area contributed by atoms with Gasteiger partial charge in [-0.1, -0.05) is 19.9 Å². The highest BCUT2D eigenvalue weighted by Crippen LogP contribution is 2.29. The average molecular weight is 417 g/mol. The maximum atomic E-state index is 12.6. The number of hydrogen-bond donors (Lipinski definition) is 1. The number of nitrogens with zero attached hydrogens (tertiary/aromatic N) is 1. The van der Waals surface area contributed by atoms with Crippen LogP contribution in [-0.4, -0.2) is 44.0 Å². The second-order valence-electron chi connectivity index (χ2n) is 7.10. The first-order chi connectivity index (χ1) is 13.9. The molecule has 0 aromatic heterocycles. The van der Waals surface area contributed by atoms with E-state index in [1.54, 1.807) is 26.2 Å². The summed E-state index contributed by atoms with van der Waals surface area (Å²) in [5, 5.41) is 3.60. The zero-order chi connectivity index (χ0) is 21.4. The molecule has 1 N–H and O–H groups in total. The Morgan fingerprint density at radius 2 is 1.86 bits per heavy atom. The van der Waals surface area contributed by atoms with Gasteiger partial charge in [-0.2, -0.15) is 0 Å². The molecule has 5 nitrogen and oxygen atoms in total. The topological polar surface area (TPSA) is 50.8 Å². The fraction of sp³-hybridized carbons (Fsp3) is 0.435. The number of benzene rings is 2. The van der Waals surface area contributed by atoms with Crippen LogP contribution in [0.3, 0.4) is 0 Å². The standard InChI is InChI=1S/C23H32N2O3S/c1-7-17(3)29-19-9-10-20(16(2)14-19)24-23(26)25(4)13-12-18-8-11-21(27-5)22(15-18)28-6/h8-11,14-15,17H,7,12-13H2,1-6H3,(H,24,26). The van der Waals surface area contributed by atoms with Gasteiger partial charge < -0.3 is 19.7 Å². The van der Waals surface area contributed by atoms with E-state index in [4.69, 9.17) is 9.47 Å². The molecule has 2 rings (SSSR count). The minimum absolute atomic E-state index is 0.115. The second kappa shape index (κ2) is 11.0. The first kappa shape index (κ1) is 22.9. The lowest BCUT2D eigenvalue weighted by molar-refractivity contribution is 0.223. The Labute approximate surface area is 178 Å². The van der Waals surface area contributed by atoms with E-state index in [2.05, 4.69) is 31.3 Å². The van der Waals surface area contributed by atoms with Crippen molar-refractivity contribution in [3.8, 4) is 11.5 Å². The van der Waals surface area contributed by atoms with E-state index in [-0.39, 0.29) is 6.03 Å². The number of thioether (sulfide) groups is 1. The van der Waals surface area contributed by atoms with Gasteiger partial charge in [0.05, 0.1) is 14.2 Å². The maximum absolute atomic E-state index is 12.6. The van der Waals surface area contributed by atoms with Crippen molar-refractivity contribution in [3.05, 3.63) is 47.5 Å². The molecule has 0 aliphatic rings. The molecule has 0 aliphatic heterocycles. The number of nitrogens with one attached hydrogen (secondary N) is 1. The summed E-state index contributed by atoms with van der Waals surface area (Å²) < 4.78 is 10.6. The van der Waals surface area contributed by atoms with Gasteiger partial charge in [0.1, 0.15) is 0 Å². The molecule has 0 spiro atoms. The van der Waals surface area contributed by atoms with Crippen molar-refractivity contribution < 1.29 is 14.3 Å². The quantitative estimate of drug-likeness (QED) is 0.540. The van der Waals surface area contributed by atoms with Gasteiger partial charge in [0.15, 0.2) is 11.5 Å². The summed E-state index contributed by atoms with van der Waals surface area (Å²) in [5.74, 6) is 1.40. The zero-order valence-corrected chi connectivity index (χ0v) is 19.1. The van der Waals surface area contributed by atoms with Crippen molar-refractivity contribution >= 4 is 23.5 Å².